The molecule has 5 rings (SSSR count). The molecule has 1 N–H and O–H groups in total. The van der Waals surface area contributed by atoms with E-state index in [0.29, 0.717) is 43.9 Å². The Balaban J connectivity index is 1.17. The first-order chi connectivity index (χ1) is 15.5. The third kappa shape index (κ3) is 3.60. The summed E-state index contributed by atoms with van der Waals surface area (Å²) in [4.78, 5) is 50.7. The number of aromatic amines is 1. The van der Waals surface area contributed by atoms with Gasteiger partial charge in [0.1, 0.15) is 18.1 Å². The number of fused-ring (bicyclic) bond motifs is 2. The first kappa shape index (κ1) is 20.2. The zero-order valence-electron chi connectivity index (χ0n) is 17.7. The molecule has 2 aliphatic rings. The highest BCUT2D eigenvalue weighted by Crippen LogP contribution is 2.23. The molecule has 2 aromatic carbocycles. The summed E-state index contributed by atoms with van der Waals surface area (Å²) >= 11 is 0. The number of aromatic nitrogens is 2. The van der Waals surface area contributed by atoms with Crippen LogP contribution in [-0.4, -0.2) is 82.2 Å². The highest BCUT2D eigenvalue weighted by Gasteiger charge is 2.37. The van der Waals surface area contributed by atoms with Crippen LogP contribution >= 0.6 is 0 Å². The Morgan fingerprint density at radius 2 is 1.72 bits per heavy atom. The van der Waals surface area contributed by atoms with Crippen LogP contribution in [0.25, 0.3) is 11.0 Å². The van der Waals surface area contributed by atoms with Crippen LogP contribution in [0.15, 0.2) is 42.5 Å². The number of hydrogen-bond acceptors (Lipinski definition) is 6. The number of nitrogens with one attached hydrogen (secondary N) is 1. The molecule has 3 amide bonds. The molecular weight excluding hydrogens is 410 g/mol. The van der Waals surface area contributed by atoms with Crippen molar-refractivity contribution in [2.45, 2.75) is 6.54 Å². The maximum Gasteiger partial charge on any atom is 0.262 e. The second kappa shape index (κ2) is 8.08. The van der Waals surface area contributed by atoms with E-state index in [4.69, 9.17) is 4.74 Å². The molecule has 9 nitrogen and oxygen atoms in total. The SMILES string of the molecule is COc1ccc2nc(CN3CCN(C(=O)CN4C(=O)c5ccccc5C4=O)CC3)[nH]c2c1. The van der Waals surface area contributed by atoms with Gasteiger partial charge in [0.05, 0.1) is 35.8 Å². The minimum Gasteiger partial charge on any atom is -0.497 e. The number of hydrogen-bond donors (Lipinski definition) is 1. The van der Waals surface area contributed by atoms with Crippen molar-refractivity contribution in [1.82, 2.24) is 24.7 Å². The van der Waals surface area contributed by atoms with E-state index < -0.39 is 11.8 Å². The average Bonchev–Trinajstić information content (AvgIpc) is 3.32. The molecule has 32 heavy (non-hydrogen) atoms. The molecule has 1 fully saturated rings. The van der Waals surface area contributed by atoms with Crippen LogP contribution in [0, 0.1) is 0 Å². The number of imide groups is 1. The number of nitrogens with zero attached hydrogens (tertiary/aromatic N) is 4. The van der Waals surface area contributed by atoms with Gasteiger partial charge in [0.2, 0.25) is 5.91 Å². The van der Waals surface area contributed by atoms with Crippen LogP contribution in [0.5, 0.6) is 5.75 Å². The predicted octanol–water partition coefficient (Wildman–Crippen LogP) is 1.51. The van der Waals surface area contributed by atoms with Gasteiger partial charge in [0.25, 0.3) is 11.8 Å². The molecule has 3 heterocycles. The van der Waals surface area contributed by atoms with Gasteiger partial charge in [-0.1, -0.05) is 12.1 Å². The lowest BCUT2D eigenvalue weighted by atomic mass is 10.1. The zero-order chi connectivity index (χ0) is 22.2. The quantitative estimate of drug-likeness (QED) is 0.613. The van der Waals surface area contributed by atoms with Crippen LogP contribution in [-0.2, 0) is 11.3 Å². The Labute approximate surface area is 184 Å². The van der Waals surface area contributed by atoms with Gasteiger partial charge in [0.15, 0.2) is 0 Å². The Hall–Kier alpha value is -3.72. The van der Waals surface area contributed by atoms with Crippen LogP contribution in [0.2, 0.25) is 0 Å². The molecular formula is C23H23N5O4. The summed E-state index contributed by atoms with van der Waals surface area (Å²) in [5.74, 6) is 0.616. The van der Waals surface area contributed by atoms with Crippen molar-refractivity contribution in [3.05, 3.63) is 59.4 Å². The normalized spacial score (nSPS) is 16.7. The molecule has 0 atom stereocenters. The summed E-state index contributed by atoms with van der Waals surface area (Å²) in [5, 5.41) is 0. The number of carbonyl (C=O) groups is 3. The molecule has 0 saturated carbocycles. The summed E-state index contributed by atoms with van der Waals surface area (Å²) in [5.41, 5.74) is 2.53. The monoisotopic (exact) mass is 433 g/mol. The molecule has 0 unspecified atom stereocenters. The van der Waals surface area contributed by atoms with Gasteiger partial charge in [-0.2, -0.15) is 0 Å². The van der Waals surface area contributed by atoms with E-state index in [0.717, 1.165) is 27.5 Å². The fourth-order valence-corrected chi connectivity index (χ4v) is 4.23. The zero-order valence-corrected chi connectivity index (χ0v) is 17.7. The number of amides is 3. The standard InChI is InChI=1S/C23H23N5O4/c1-32-15-6-7-18-19(12-15)25-20(24-18)13-26-8-10-27(11-9-26)21(29)14-28-22(30)16-4-2-3-5-17(16)23(28)31/h2-7,12H,8-11,13-14H2,1H3,(H,24,25). The molecule has 0 bridgehead atoms. The first-order valence-corrected chi connectivity index (χ1v) is 10.5. The number of imidazole rings is 1. The maximum absolute atomic E-state index is 12.8. The van der Waals surface area contributed by atoms with E-state index in [2.05, 4.69) is 14.9 Å². The third-order valence-electron chi connectivity index (χ3n) is 6.01. The second-order valence-electron chi connectivity index (χ2n) is 7.97. The molecule has 9 heteroatoms. The first-order valence-electron chi connectivity index (χ1n) is 10.5. The molecule has 0 aliphatic carbocycles. The van der Waals surface area contributed by atoms with E-state index in [1.54, 1.807) is 36.3 Å². The van der Waals surface area contributed by atoms with Crippen LogP contribution in [0.3, 0.4) is 0 Å². The van der Waals surface area contributed by atoms with E-state index in [1.165, 1.54) is 0 Å². The van der Waals surface area contributed by atoms with Crippen LogP contribution in [0.4, 0.5) is 0 Å². The molecule has 0 spiro atoms. The molecule has 1 aromatic heterocycles. The van der Waals surface area contributed by atoms with Crippen molar-refractivity contribution in [3.63, 3.8) is 0 Å². The number of H-pyrrole nitrogens is 1. The molecule has 1 saturated heterocycles. The Kier molecular flexibility index (Phi) is 5.10. The maximum atomic E-state index is 12.8. The van der Waals surface area contributed by atoms with E-state index in [-0.39, 0.29) is 12.5 Å². The van der Waals surface area contributed by atoms with Gasteiger partial charge < -0.3 is 14.6 Å². The Morgan fingerprint density at radius 1 is 1.03 bits per heavy atom. The van der Waals surface area contributed by atoms with Crippen molar-refractivity contribution < 1.29 is 19.1 Å². The van der Waals surface area contributed by atoms with Gasteiger partial charge in [0, 0.05) is 32.2 Å². The summed E-state index contributed by atoms with van der Waals surface area (Å²) in [7, 11) is 1.63. The third-order valence-corrected chi connectivity index (χ3v) is 6.01. The average molecular weight is 433 g/mol. The van der Waals surface area contributed by atoms with Crippen molar-refractivity contribution in [2.75, 3.05) is 39.8 Å². The molecule has 164 valence electrons. The number of piperazine rings is 1. The molecule has 0 radical (unpaired) electrons. The van der Waals surface area contributed by atoms with Gasteiger partial charge >= 0.3 is 0 Å². The summed E-state index contributed by atoms with van der Waals surface area (Å²) in [6.45, 7) is 2.88. The lowest BCUT2D eigenvalue weighted by molar-refractivity contribution is -0.133. The smallest absolute Gasteiger partial charge is 0.262 e. The second-order valence-corrected chi connectivity index (χ2v) is 7.97. The predicted molar refractivity (Wildman–Crippen MR) is 116 cm³/mol. The summed E-state index contributed by atoms with van der Waals surface area (Å²) in [6.07, 6.45) is 0. The number of rotatable bonds is 5. The highest BCUT2D eigenvalue weighted by molar-refractivity contribution is 6.22. The molecule has 3 aromatic rings. The number of benzene rings is 2. The van der Waals surface area contributed by atoms with E-state index >= 15 is 0 Å². The Morgan fingerprint density at radius 3 is 2.38 bits per heavy atom. The van der Waals surface area contributed by atoms with Gasteiger partial charge in [-0.25, -0.2) is 4.98 Å². The summed E-state index contributed by atoms with van der Waals surface area (Å²) < 4.78 is 5.25. The van der Waals surface area contributed by atoms with Crippen molar-refractivity contribution >= 4 is 28.8 Å². The number of ether oxygens (including phenoxy) is 1. The van der Waals surface area contributed by atoms with Gasteiger partial charge in [-0.15, -0.1) is 0 Å². The Bertz CT molecular complexity index is 1180. The highest BCUT2D eigenvalue weighted by atomic mass is 16.5. The van der Waals surface area contributed by atoms with Gasteiger partial charge in [-0.3, -0.25) is 24.2 Å². The fraction of sp³-hybridized carbons (Fsp3) is 0.304. The van der Waals surface area contributed by atoms with Gasteiger partial charge in [-0.05, 0) is 24.3 Å². The van der Waals surface area contributed by atoms with Crippen LogP contribution in [0.1, 0.15) is 26.5 Å². The van der Waals surface area contributed by atoms with Crippen LogP contribution < -0.4 is 4.74 Å². The largest absolute Gasteiger partial charge is 0.497 e. The summed E-state index contributed by atoms with van der Waals surface area (Å²) in [6, 6.07) is 12.4. The minimum atomic E-state index is -0.404. The molecule has 2 aliphatic heterocycles. The fourth-order valence-electron chi connectivity index (χ4n) is 4.23. The lowest BCUT2D eigenvalue weighted by Crippen LogP contribution is -2.51. The van der Waals surface area contributed by atoms with E-state index in [9.17, 15) is 14.4 Å². The van der Waals surface area contributed by atoms with Crippen molar-refractivity contribution in [2.24, 2.45) is 0 Å². The van der Waals surface area contributed by atoms with Crippen molar-refractivity contribution in [3.8, 4) is 5.75 Å². The topological polar surface area (TPSA) is 98.8 Å². The van der Waals surface area contributed by atoms with Crippen molar-refractivity contribution in [1.29, 1.82) is 0 Å². The lowest BCUT2D eigenvalue weighted by Gasteiger charge is -2.34. The minimum absolute atomic E-state index is 0.213. The number of methoxy groups -OCH3 is 1. The van der Waals surface area contributed by atoms with E-state index in [1.807, 2.05) is 18.2 Å². The number of carbonyl (C=O) groups excluding carboxylic acids is 3.